The van der Waals surface area contributed by atoms with E-state index in [2.05, 4.69) is 0 Å². The largest absolute Gasteiger partial charge is 0.469 e. The second-order valence-corrected chi connectivity index (χ2v) is 6.43. The summed E-state index contributed by atoms with van der Waals surface area (Å²) in [5.74, 6) is 3.74. The Hall–Kier alpha value is -0.570. The Labute approximate surface area is 87.8 Å². The van der Waals surface area contributed by atoms with Gasteiger partial charge in [0.15, 0.2) is 0 Å². The Balaban J connectivity index is 1.70. The summed E-state index contributed by atoms with van der Waals surface area (Å²) in [6.07, 6.45) is 0. The molecule has 6 atom stereocenters. The number of methoxy groups -OCH3 is 1. The molecule has 6 rings (SSSR count). The molecule has 6 fully saturated rings. The molecule has 0 spiro atoms. The minimum atomic E-state index is -0.463. The van der Waals surface area contributed by atoms with Gasteiger partial charge in [-0.05, 0) is 48.3 Å². The Kier molecular flexibility index (Phi) is 0.799. The summed E-state index contributed by atoms with van der Waals surface area (Å²) >= 11 is 0. The summed E-state index contributed by atoms with van der Waals surface area (Å²) in [5, 5.41) is 10.4. The predicted octanol–water partition coefficient (Wildman–Crippen LogP) is 0.278. The number of hydrogen-bond acceptors (Lipinski definition) is 3. The van der Waals surface area contributed by atoms with Crippen molar-refractivity contribution in [3.63, 3.8) is 0 Å². The van der Waals surface area contributed by atoms with Crippen LogP contribution in [0.3, 0.4) is 0 Å². The van der Waals surface area contributed by atoms with Gasteiger partial charge in [0.1, 0.15) is 0 Å². The zero-order chi connectivity index (χ0) is 10.3. The predicted molar refractivity (Wildman–Crippen MR) is 49.5 cm³/mol. The van der Waals surface area contributed by atoms with Crippen LogP contribution in [0.4, 0.5) is 0 Å². The van der Waals surface area contributed by atoms with Crippen molar-refractivity contribution in [2.45, 2.75) is 12.5 Å². The maximum Gasteiger partial charge on any atom is 0.312 e. The highest BCUT2D eigenvalue weighted by atomic mass is 16.5. The fourth-order valence-corrected chi connectivity index (χ4v) is 6.66. The lowest BCUT2D eigenvalue weighted by molar-refractivity contribution is -0.149. The van der Waals surface area contributed by atoms with Gasteiger partial charge < -0.3 is 9.84 Å². The third-order valence-electron chi connectivity index (χ3n) is 6.56. The molecule has 0 aromatic heterocycles. The molecule has 0 aromatic rings. The van der Waals surface area contributed by atoms with Crippen LogP contribution < -0.4 is 0 Å². The number of carbonyl (C=O) groups excluding carboxylic acids is 1. The van der Waals surface area contributed by atoms with E-state index in [1.807, 2.05) is 6.92 Å². The van der Waals surface area contributed by atoms with Crippen molar-refractivity contribution in [1.29, 1.82) is 0 Å². The van der Waals surface area contributed by atoms with Gasteiger partial charge in [-0.1, -0.05) is 0 Å². The second-order valence-electron chi connectivity index (χ2n) is 6.43. The molecule has 0 amide bonds. The molecule has 0 aromatic carbocycles. The zero-order valence-electron chi connectivity index (χ0n) is 8.81. The van der Waals surface area contributed by atoms with Crippen molar-refractivity contribution in [3.8, 4) is 0 Å². The molecular weight excluding hydrogens is 192 g/mol. The lowest BCUT2D eigenvalue weighted by Gasteiger charge is -2.27. The standard InChI is InChI=1S/C12H14O3/c1-11(14)6-3-4-5(3)12(10(13)15-2)8(6)9(12)7(4)11/h3-9,14H,1-2H3. The van der Waals surface area contributed by atoms with Gasteiger partial charge in [0.2, 0.25) is 0 Å². The van der Waals surface area contributed by atoms with Crippen molar-refractivity contribution in [1.82, 2.24) is 0 Å². The summed E-state index contributed by atoms with van der Waals surface area (Å²) < 4.78 is 4.99. The first-order valence-corrected chi connectivity index (χ1v) is 5.90. The topological polar surface area (TPSA) is 46.5 Å². The number of aliphatic hydroxyl groups is 1. The molecular formula is C12H14O3. The lowest BCUT2D eigenvalue weighted by atomic mass is 9.86. The van der Waals surface area contributed by atoms with E-state index in [0.717, 1.165) is 0 Å². The van der Waals surface area contributed by atoms with Crippen LogP contribution in [0.15, 0.2) is 0 Å². The van der Waals surface area contributed by atoms with Gasteiger partial charge in [-0.3, -0.25) is 4.79 Å². The average molecular weight is 206 g/mol. The maximum atomic E-state index is 11.9. The fourth-order valence-electron chi connectivity index (χ4n) is 6.66. The molecule has 6 saturated carbocycles. The summed E-state index contributed by atoms with van der Waals surface area (Å²) in [4.78, 5) is 11.9. The summed E-state index contributed by atoms with van der Waals surface area (Å²) in [6, 6.07) is 0. The molecule has 3 nitrogen and oxygen atoms in total. The average Bonchev–Trinajstić information content (AvgIpc) is 2.98. The van der Waals surface area contributed by atoms with Crippen LogP contribution in [0, 0.1) is 46.8 Å². The van der Waals surface area contributed by atoms with Crippen LogP contribution in [0.2, 0.25) is 0 Å². The minimum Gasteiger partial charge on any atom is -0.469 e. The van der Waals surface area contributed by atoms with Gasteiger partial charge in [-0.2, -0.15) is 0 Å². The monoisotopic (exact) mass is 206 g/mol. The molecule has 15 heavy (non-hydrogen) atoms. The molecule has 0 aliphatic heterocycles. The summed E-state index contributed by atoms with van der Waals surface area (Å²) in [6.45, 7) is 1.99. The van der Waals surface area contributed by atoms with E-state index in [1.165, 1.54) is 7.11 Å². The van der Waals surface area contributed by atoms with Gasteiger partial charge in [0.05, 0.1) is 18.1 Å². The Morgan fingerprint density at radius 1 is 1.13 bits per heavy atom. The quantitative estimate of drug-likeness (QED) is 0.627. The van der Waals surface area contributed by atoms with Gasteiger partial charge in [-0.15, -0.1) is 0 Å². The Bertz CT molecular complexity index is 401. The van der Waals surface area contributed by atoms with E-state index in [4.69, 9.17) is 4.74 Å². The van der Waals surface area contributed by atoms with Gasteiger partial charge in [0.25, 0.3) is 0 Å². The van der Waals surface area contributed by atoms with E-state index in [0.29, 0.717) is 41.4 Å². The highest BCUT2D eigenvalue weighted by molar-refractivity contribution is 5.87. The second kappa shape index (κ2) is 1.56. The SMILES string of the molecule is COC(=O)C12C3C4C3C3C1C2C4C3(C)O. The fraction of sp³-hybridized carbons (Fsp3) is 0.917. The summed E-state index contributed by atoms with van der Waals surface area (Å²) in [5.41, 5.74) is -0.573. The first-order chi connectivity index (χ1) is 7.09. The van der Waals surface area contributed by atoms with Crippen LogP contribution >= 0.6 is 0 Å². The highest BCUT2D eigenvalue weighted by Crippen LogP contribution is 3.01. The Morgan fingerprint density at radius 3 is 2.07 bits per heavy atom. The van der Waals surface area contributed by atoms with Crippen LogP contribution in [-0.2, 0) is 9.53 Å². The molecule has 0 saturated heterocycles. The van der Waals surface area contributed by atoms with Gasteiger partial charge in [0, 0.05) is 0 Å². The van der Waals surface area contributed by atoms with Crippen LogP contribution in [0.25, 0.3) is 0 Å². The van der Waals surface area contributed by atoms with Crippen LogP contribution in [-0.4, -0.2) is 23.8 Å². The van der Waals surface area contributed by atoms with E-state index in [1.54, 1.807) is 0 Å². The summed E-state index contributed by atoms with van der Waals surface area (Å²) in [7, 11) is 1.50. The van der Waals surface area contributed by atoms with Crippen molar-refractivity contribution >= 4 is 5.97 Å². The van der Waals surface area contributed by atoms with Crippen molar-refractivity contribution < 1.29 is 14.6 Å². The first kappa shape index (κ1) is 7.66. The molecule has 6 aliphatic carbocycles. The number of ether oxygens (including phenoxy) is 1. The molecule has 2 bridgehead atoms. The molecule has 0 heterocycles. The van der Waals surface area contributed by atoms with Gasteiger partial charge in [-0.25, -0.2) is 0 Å². The molecule has 6 unspecified atom stereocenters. The number of carbonyl (C=O) groups is 1. The smallest absolute Gasteiger partial charge is 0.312 e. The third kappa shape index (κ3) is 0.410. The molecule has 80 valence electrons. The van der Waals surface area contributed by atoms with E-state index < -0.39 is 5.60 Å². The lowest BCUT2D eigenvalue weighted by Crippen LogP contribution is -2.35. The molecule has 6 aliphatic rings. The van der Waals surface area contributed by atoms with Crippen molar-refractivity contribution in [2.24, 2.45) is 46.8 Å². The van der Waals surface area contributed by atoms with Crippen molar-refractivity contribution in [3.05, 3.63) is 0 Å². The van der Waals surface area contributed by atoms with E-state index in [9.17, 15) is 9.90 Å². The zero-order valence-corrected chi connectivity index (χ0v) is 8.81. The van der Waals surface area contributed by atoms with Gasteiger partial charge >= 0.3 is 5.97 Å². The molecule has 1 N–H and O–H groups in total. The third-order valence-corrected chi connectivity index (χ3v) is 6.56. The minimum absolute atomic E-state index is 0.0236. The van der Waals surface area contributed by atoms with Crippen LogP contribution in [0.1, 0.15) is 6.92 Å². The van der Waals surface area contributed by atoms with Crippen LogP contribution in [0.5, 0.6) is 0 Å². The highest BCUT2D eigenvalue weighted by Gasteiger charge is 3.04. The number of hydrogen-bond donors (Lipinski definition) is 1. The molecule has 3 heteroatoms. The molecule has 0 radical (unpaired) electrons. The normalized spacial score (nSPS) is 78.5. The van der Waals surface area contributed by atoms with E-state index in [-0.39, 0.29) is 11.4 Å². The number of esters is 1. The van der Waals surface area contributed by atoms with Crippen molar-refractivity contribution in [2.75, 3.05) is 7.11 Å². The number of rotatable bonds is 1. The van der Waals surface area contributed by atoms with E-state index >= 15 is 0 Å². The first-order valence-electron chi connectivity index (χ1n) is 5.90. The Morgan fingerprint density at radius 2 is 1.67 bits per heavy atom. The maximum absolute atomic E-state index is 11.9.